The van der Waals surface area contributed by atoms with Crippen molar-refractivity contribution >= 4 is 10.0 Å². The summed E-state index contributed by atoms with van der Waals surface area (Å²) in [5.41, 5.74) is 5.68. The summed E-state index contributed by atoms with van der Waals surface area (Å²) in [6.45, 7) is -1.17. The van der Waals surface area contributed by atoms with E-state index < -0.39 is 28.8 Å². The van der Waals surface area contributed by atoms with E-state index in [2.05, 4.69) is 9.82 Å². The Morgan fingerprint density at radius 1 is 1.35 bits per heavy atom. The molecule has 1 aromatic heterocycles. The molecular weight excluding hydrogens is 333 g/mol. The molecule has 0 bridgehead atoms. The van der Waals surface area contributed by atoms with Gasteiger partial charge in [0.25, 0.3) is 0 Å². The molecule has 0 saturated heterocycles. The predicted octanol–water partition coefficient (Wildman–Crippen LogP) is 1.63. The predicted molar refractivity (Wildman–Crippen MR) is 78.0 cm³/mol. The molecule has 2 rings (SSSR count). The normalized spacial score (nSPS) is 19.0. The standard InChI is InChI=1S/C13H21F3N4O2S/c14-13(15,16)9-20-8-11(7-18-20)23(21,22)19-12(6-17)10-4-2-1-3-5-10/h7-8,10,12,19H,1-6,9,17H2. The molecule has 0 amide bonds. The number of hydrogen-bond acceptors (Lipinski definition) is 4. The van der Waals surface area contributed by atoms with Crippen LogP contribution in [0.1, 0.15) is 32.1 Å². The van der Waals surface area contributed by atoms with Gasteiger partial charge in [-0.3, -0.25) is 4.68 Å². The molecule has 0 radical (unpaired) electrons. The van der Waals surface area contributed by atoms with Crippen LogP contribution in [0.15, 0.2) is 17.3 Å². The lowest BCUT2D eigenvalue weighted by atomic mass is 9.84. The van der Waals surface area contributed by atoms with Crippen molar-refractivity contribution in [2.45, 2.75) is 55.8 Å². The third kappa shape index (κ3) is 5.18. The maximum absolute atomic E-state index is 12.3. The number of nitrogens with zero attached hydrogens (tertiary/aromatic N) is 2. The molecule has 0 spiro atoms. The fourth-order valence-corrected chi connectivity index (χ4v) is 4.16. The summed E-state index contributed by atoms with van der Waals surface area (Å²) >= 11 is 0. The van der Waals surface area contributed by atoms with Crippen molar-refractivity contribution in [2.24, 2.45) is 11.7 Å². The first-order valence-electron chi connectivity index (χ1n) is 7.53. The summed E-state index contributed by atoms with van der Waals surface area (Å²) < 4.78 is 64.7. The molecule has 1 aliphatic rings. The Balaban J connectivity index is 2.08. The highest BCUT2D eigenvalue weighted by molar-refractivity contribution is 7.89. The molecule has 1 heterocycles. The Morgan fingerprint density at radius 2 is 2.00 bits per heavy atom. The van der Waals surface area contributed by atoms with Crippen molar-refractivity contribution < 1.29 is 21.6 Å². The molecule has 1 fully saturated rings. The Morgan fingerprint density at radius 3 is 2.57 bits per heavy atom. The third-order valence-electron chi connectivity index (χ3n) is 4.04. The largest absolute Gasteiger partial charge is 0.408 e. The number of hydrogen-bond donors (Lipinski definition) is 2. The number of nitrogens with two attached hydrogens (primary N) is 1. The second kappa shape index (κ2) is 7.18. The van der Waals surface area contributed by atoms with Gasteiger partial charge >= 0.3 is 6.18 Å². The molecule has 132 valence electrons. The molecule has 1 aliphatic carbocycles. The van der Waals surface area contributed by atoms with Gasteiger partial charge in [0.05, 0.1) is 6.20 Å². The van der Waals surface area contributed by atoms with E-state index in [0.717, 1.165) is 44.5 Å². The van der Waals surface area contributed by atoms with E-state index in [1.807, 2.05) is 0 Å². The number of alkyl halides is 3. The topological polar surface area (TPSA) is 90.0 Å². The maximum Gasteiger partial charge on any atom is 0.408 e. The van der Waals surface area contributed by atoms with Crippen LogP contribution in [0.5, 0.6) is 0 Å². The molecule has 1 saturated carbocycles. The van der Waals surface area contributed by atoms with Gasteiger partial charge in [-0.15, -0.1) is 0 Å². The quantitative estimate of drug-likeness (QED) is 0.812. The highest BCUT2D eigenvalue weighted by Crippen LogP contribution is 2.27. The lowest BCUT2D eigenvalue weighted by Crippen LogP contribution is -2.45. The molecule has 0 aromatic carbocycles. The second-order valence-corrected chi connectivity index (χ2v) is 7.56. The zero-order valence-electron chi connectivity index (χ0n) is 12.6. The lowest BCUT2D eigenvalue weighted by Gasteiger charge is -2.29. The fourth-order valence-electron chi connectivity index (χ4n) is 2.89. The Labute approximate surface area is 133 Å². The molecule has 3 N–H and O–H groups in total. The van der Waals surface area contributed by atoms with Crippen molar-refractivity contribution in [1.82, 2.24) is 14.5 Å². The monoisotopic (exact) mass is 354 g/mol. The van der Waals surface area contributed by atoms with E-state index in [0.29, 0.717) is 4.68 Å². The first-order chi connectivity index (χ1) is 10.7. The van der Waals surface area contributed by atoms with E-state index >= 15 is 0 Å². The molecule has 10 heteroatoms. The van der Waals surface area contributed by atoms with Crippen LogP contribution in [0.3, 0.4) is 0 Å². The van der Waals surface area contributed by atoms with Gasteiger partial charge in [0.15, 0.2) is 0 Å². The van der Waals surface area contributed by atoms with Gasteiger partial charge in [0, 0.05) is 18.8 Å². The van der Waals surface area contributed by atoms with Crippen LogP contribution in [-0.2, 0) is 16.6 Å². The summed E-state index contributed by atoms with van der Waals surface area (Å²) in [5, 5.41) is 3.46. The summed E-state index contributed by atoms with van der Waals surface area (Å²) in [4.78, 5) is -0.281. The van der Waals surface area contributed by atoms with Gasteiger partial charge in [-0.2, -0.15) is 18.3 Å². The summed E-state index contributed by atoms with van der Waals surface area (Å²) in [6.07, 6.45) is 2.34. The SMILES string of the molecule is NCC(NS(=O)(=O)c1cnn(CC(F)(F)F)c1)C1CCCCC1. The van der Waals surface area contributed by atoms with Crippen LogP contribution >= 0.6 is 0 Å². The highest BCUT2D eigenvalue weighted by Gasteiger charge is 2.31. The van der Waals surface area contributed by atoms with Gasteiger partial charge in [-0.1, -0.05) is 19.3 Å². The molecule has 6 nitrogen and oxygen atoms in total. The van der Waals surface area contributed by atoms with E-state index in [1.165, 1.54) is 0 Å². The molecule has 0 aliphatic heterocycles. The average Bonchev–Trinajstić information content (AvgIpc) is 2.93. The minimum absolute atomic E-state index is 0.153. The van der Waals surface area contributed by atoms with Crippen molar-refractivity contribution in [3.8, 4) is 0 Å². The van der Waals surface area contributed by atoms with Gasteiger partial charge in [0.1, 0.15) is 11.4 Å². The Hall–Kier alpha value is -1.13. The second-order valence-electron chi connectivity index (χ2n) is 5.85. The number of nitrogens with one attached hydrogen (secondary N) is 1. The highest BCUT2D eigenvalue weighted by atomic mass is 32.2. The first kappa shape index (κ1) is 18.2. The maximum atomic E-state index is 12.3. The van der Waals surface area contributed by atoms with Crippen molar-refractivity contribution in [3.63, 3.8) is 0 Å². The smallest absolute Gasteiger partial charge is 0.329 e. The molecule has 1 unspecified atom stereocenters. The number of rotatable bonds is 6. The molecule has 1 aromatic rings. The van der Waals surface area contributed by atoms with Crippen LogP contribution in [0, 0.1) is 5.92 Å². The van der Waals surface area contributed by atoms with E-state index in [-0.39, 0.29) is 17.4 Å². The van der Waals surface area contributed by atoms with E-state index in [9.17, 15) is 21.6 Å². The van der Waals surface area contributed by atoms with Crippen LogP contribution in [0.4, 0.5) is 13.2 Å². The van der Waals surface area contributed by atoms with Crippen LogP contribution < -0.4 is 10.5 Å². The molecular formula is C13H21F3N4O2S. The summed E-state index contributed by atoms with van der Waals surface area (Å²) in [6, 6.07) is -0.411. The summed E-state index contributed by atoms with van der Waals surface area (Å²) in [5.74, 6) is 0.161. The average molecular weight is 354 g/mol. The zero-order chi connectivity index (χ0) is 17.1. The van der Waals surface area contributed by atoms with Crippen molar-refractivity contribution in [3.05, 3.63) is 12.4 Å². The third-order valence-corrected chi connectivity index (χ3v) is 5.48. The van der Waals surface area contributed by atoms with Crippen LogP contribution in [0.2, 0.25) is 0 Å². The number of aromatic nitrogens is 2. The minimum atomic E-state index is -4.46. The van der Waals surface area contributed by atoms with Gasteiger partial charge < -0.3 is 5.73 Å². The number of sulfonamides is 1. The van der Waals surface area contributed by atoms with Crippen LogP contribution in [-0.4, -0.2) is 37.0 Å². The van der Waals surface area contributed by atoms with E-state index in [1.54, 1.807) is 0 Å². The molecule has 1 atom stereocenters. The van der Waals surface area contributed by atoms with Crippen LogP contribution in [0.25, 0.3) is 0 Å². The van der Waals surface area contributed by atoms with E-state index in [4.69, 9.17) is 5.73 Å². The Kier molecular flexibility index (Phi) is 5.69. The first-order valence-corrected chi connectivity index (χ1v) is 9.01. The molecule has 23 heavy (non-hydrogen) atoms. The summed E-state index contributed by atoms with van der Waals surface area (Å²) in [7, 11) is -3.94. The van der Waals surface area contributed by atoms with Crippen molar-refractivity contribution in [2.75, 3.05) is 6.54 Å². The Bertz CT molecular complexity index is 609. The van der Waals surface area contributed by atoms with Gasteiger partial charge in [-0.25, -0.2) is 13.1 Å². The zero-order valence-corrected chi connectivity index (χ0v) is 13.4. The lowest BCUT2D eigenvalue weighted by molar-refractivity contribution is -0.142. The van der Waals surface area contributed by atoms with Gasteiger partial charge in [-0.05, 0) is 18.8 Å². The van der Waals surface area contributed by atoms with Gasteiger partial charge in [0.2, 0.25) is 10.0 Å². The fraction of sp³-hybridized carbons (Fsp3) is 0.769. The minimum Gasteiger partial charge on any atom is -0.329 e. The number of halogens is 3. The van der Waals surface area contributed by atoms with Crippen molar-refractivity contribution in [1.29, 1.82) is 0 Å².